The van der Waals surface area contributed by atoms with E-state index in [1.54, 1.807) is 27.7 Å². The maximum absolute atomic E-state index is 11.8. The van der Waals surface area contributed by atoms with Crippen LogP contribution in [0.4, 0.5) is 0 Å². The highest BCUT2D eigenvalue weighted by molar-refractivity contribution is 8.06. The van der Waals surface area contributed by atoms with Gasteiger partial charge in [0.05, 0.1) is 12.5 Å². The molecule has 620 valence electrons. The van der Waals surface area contributed by atoms with Gasteiger partial charge in [-0.15, -0.1) is 0 Å². The van der Waals surface area contributed by atoms with E-state index in [0.29, 0.717) is 25.7 Å². The molecule has 6 saturated heterocycles. The van der Waals surface area contributed by atoms with E-state index >= 15 is 0 Å². The van der Waals surface area contributed by atoms with E-state index in [9.17, 15) is 130 Å². The Bertz CT molecular complexity index is 4660. The second kappa shape index (κ2) is 39.9. The maximum Gasteiger partial charge on any atom is 0.344 e. The van der Waals surface area contributed by atoms with Crippen molar-refractivity contribution in [3.63, 3.8) is 0 Å². The predicted octanol–water partition coefficient (Wildman–Crippen LogP) is -4.69. The molecule has 8 aliphatic rings. The first-order valence-corrected chi connectivity index (χ1v) is 48.4. The first-order chi connectivity index (χ1) is 48.7. The molecule has 0 N–H and O–H groups in total. The molecule has 0 aromatic heterocycles. The Labute approximate surface area is 615 Å². The van der Waals surface area contributed by atoms with Crippen molar-refractivity contribution in [2.24, 2.45) is 0 Å². The summed E-state index contributed by atoms with van der Waals surface area (Å²) < 4.78 is 349. The van der Waals surface area contributed by atoms with Crippen LogP contribution in [0.15, 0.2) is 37.8 Å². The second-order valence-corrected chi connectivity index (χ2v) is 44.2. The van der Waals surface area contributed by atoms with E-state index < -0.39 is 270 Å². The summed E-state index contributed by atoms with van der Waals surface area (Å²) in [4.78, 5) is 68.8. The van der Waals surface area contributed by atoms with Crippen LogP contribution in [0.1, 0.15) is 85.5 Å². The standard InChI is InChI=1S/C10H16O8S2.C9H14O8S2.C8H14O8S2.2C7H10O8S2.C6H8O8S2/c11-10(17-8-4-2-1-3-5-8)9-6-16-19(12,13)7-20(14,15)18-9;10-9(16-7-3-1-2-4-7)8-5-15-18(11,12)6-19(13,14)17-8;1-8(2,3)15-7(9)6-4-14-17(10,11)5-18(12,13)16-6;2*1-2-3-13-7(8)6-4-14-16(9,10)5-17(11,12)15-6;1-2-12-6(7)5-3-13-15(8,9)4-16(10,11)14-5/h8-9H,1-7H2;7-8H,1-6H2;6H,4-5H2,1-3H3;2-3,6H,4-5H2,1H3;2,6H,1,3-5H2;2,5H,1,3-4H2/b;;;3-2+;;. The molecule has 0 spiro atoms. The van der Waals surface area contributed by atoms with Gasteiger partial charge in [-0.3, -0.25) is 50.2 Å². The second-order valence-electron chi connectivity index (χ2n) is 22.6. The Balaban J connectivity index is 0.000000334. The Kier molecular flexibility index (Phi) is 35.9. The molecule has 2 aliphatic carbocycles. The van der Waals surface area contributed by atoms with Gasteiger partial charge in [0.15, 0.2) is 36.6 Å². The summed E-state index contributed by atoms with van der Waals surface area (Å²) in [5.41, 5.74) is -0.852. The predicted molar refractivity (Wildman–Crippen MR) is 347 cm³/mol. The molecule has 8 rings (SSSR count). The van der Waals surface area contributed by atoms with Gasteiger partial charge in [0.2, 0.25) is 30.5 Å². The highest BCUT2D eigenvalue weighted by atomic mass is 32.3. The molecule has 60 heteroatoms. The summed E-state index contributed by atoms with van der Waals surface area (Å²) in [6.45, 7) is 8.18. The molecule has 6 aliphatic heterocycles. The molecular formula is C47H72O48S12. The molecule has 0 aromatic carbocycles. The molecule has 6 atom stereocenters. The fourth-order valence-electron chi connectivity index (χ4n) is 7.94. The molecule has 0 radical (unpaired) electrons. The fourth-order valence-corrected chi connectivity index (χ4v) is 24.3. The molecule has 6 unspecified atom stereocenters. The average molecular weight is 1790 g/mol. The number of carbonyl (C=O) groups excluding carboxylic acids is 6. The van der Waals surface area contributed by atoms with Crippen molar-refractivity contribution in [2.75, 3.05) is 76.8 Å². The lowest BCUT2D eigenvalue weighted by Crippen LogP contribution is -2.36. The smallest absolute Gasteiger partial charge is 0.344 e. The van der Waals surface area contributed by atoms with E-state index in [2.05, 4.69) is 77.6 Å². The summed E-state index contributed by atoms with van der Waals surface area (Å²) in [7, 11) is -51.8. The molecular weight excluding hydrogens is 1720 g/mol. The number of carbonyl (C=O) groups is 6. The van der Waals surface area contributed by atoms with Crippen molar-refractivity contribution < 1.29 is 208 Å². The number of rotatable bonds is 12. The van der Waals surface area contributed by atoms with Gasteiger partial charge in [0, 0.05) is 0 Å². The monoisotopic (exact) mass is 1790 g/mol. The van der Waals surface area contributed by atoms with Gasteiger partial charge >= 0.3 is 35.8 Å². The normalized spacial score (nSPS) is 28.4. The zero-order chi connectivity index (χ0) is 81.7. The molecule has 48 nitrogen and oxygen atoms in total. The van der Waals surface area contributed by atoms with Gasteiger partial charge < -0.3 is 28.4 Å². The summed E-state index contributed by atoms with van der Waals surface area (Å²) >= 11 is 0. The van der Waals surface area contributed by atoms with Gasteiger partial charge in [-0.25, -0.2) is 28.8 Å². The van der Waals surface area contributed by atoms with Crippen LogP contribution in [0.2, 0.25) is 0 Å². The lowest BCUT2D eigenvalue weighted by Gasteiger charge is -2.23. The van der Waals surface area contributed by atoms with Crippen molar-refractivity contribution in [2.45, 2.75) is 140 Å². The third-order valence-corrected chi connectivity index (χ3v) is 32.0. The SMILES string of the molecule is C/C=C/OC(=O)C1COS(=O)(=O)CS(=O)(=O)O1.C=CCOC(=O)C1COS(=O)(=O)CS(=O)(=O)O1.C=COC(=O)C1COS(=O)(=O)CS(=O)(=O)O1.CC(C)(C)OC(=O)C1COS(=O)(=O)CS(=O)(=O)O1.O=C(OC1CCCC1)C1COS(=O)(=O)CS(=O)(=O)O1.O=C(OC1CCCCC1)C1COS(=O)(=O)CS(=O)(=O)O1. The Morgan fingerprint density at radius 3 is 0.841 bits per heavy atom. The molecule has 0 aromatic rings. The Morgan fingerprint density at radius 1 is 0.346 bits per heavy atom. The molecule has 0 bridgehead atoms. The minimum Gasteiger partial charge on any atom is -0.460 e. The number of hydrogen-bond acceptors (Lipinski definition) is 48. The average Bonchev–Trinajstić information content (AvgIpc) is 1.75. The van der Waals surface area contributed by atoms with Gasteiger partial charge in [0.25, 0.3) is 121 Å². The van der Waals surface area contributed by atoms with E-state index in [1.807, 2.05) is 0 Å². The zero-order valence-electron chi connectivity index (χ0n) is 55.9. The molecule has 8 fully saturated rings. The Morgan fingerprint density at radius 2 is 0.589 bits per heavy atom. The Hall–Kier alpha value is -5.04. The third-order valence-electron chi connectivity index (χ3n) is 12.0. The molecule has 6 heterocycles. The summed E-state index contributed by atoms with van der Waals surface area (Å²) in [5.74, 6) is -6.00. The van der Waals surface area contributed by atoms with E-state index in [4.69, 9.17) is 14.2 Å². The maximum atomic E-state index is 11.8. The topological polar surface area (TPSA) is 678 Å². The summed E-state index contributed by atoms with van der Waals surface area (Å²) in [5, 5.41) is -7.91. The van der Waals surface area contributed by atoms with Crippen molar-refractivity contribution in [1.29, 1.82) is 0 Å². The largest absolute Gasteiger partial charge is 0.460 e. The number of esters is 6. The van der Waals surface area contributed by atoms with E-state index in [0.717, 1.165) is 44.6 Å². The fraction of sp³-hybridized carbons (Fsp3) is 0.745. The first-order valence-electron chi connectivity index (χ1n) is 29.4. The van der Waals surface area contributed by atoms with Gasteiger partial charge in [-0.05, 0) is 79.1 Å². The minimum absolute atomic E-state index is 0.147. The number of ether oxygens (including phenoxy) is 6. The first kappa shape index (κ1) is 96.2. The van der Waals surface area contributed by atoms with Crippen LogP contribution in [0.25, 0.3) is 0 Å². The van der Waals surface area contributed by atoms with Gasteiger partial charge in [0.1, 0.15) is 64.1 Å². The lowest BCUT2D eigenvalue weighted by molar-refractivity contribution is -0.164. The van der Waals surface area contributed by atoms with Crippen molar-refractivity contribution in [3.8, 4) is 0 Å². The van der Waals surface area contributed by atoms with Crippen LogP contribution in [-0.2, 0) is 229 Å². The number of hydrogen-bond donors (Lipinski definition) is 0. The van der Waals surface area contributed by atoms with Gasteiger partial charge in [-0.2, -0.15) is 101 Å². The van der Waals surface area contributed by atoms with Crippen molar-refractivity contribution >= 4 is 157 Å². The zero-order valence-corrected chi connectivity index (χ0v) is 65.7. The highest BCUT2D eigenvalue weighted by Gasteiger charge is 2.44. The van der Waals surface area contributed by atoms with Gasteiger partial charge in [-0.1, -0.05) is 31.7 Å². The summed E-state index contributed by atoms with van der Waals surface area (Å²) in [6.07, 6.45) is 1.89. The van der Waals surface area contributed by atoms with E-state index in [-0.39, 0.29) is 18.8 Å². The molecule has 107 heavy (non-hydrogen) atoms. The molecule has 0 amide bonds. The number of allylic oxidation sites excluding steroid dienone is 1. The van der Waals surface area contributed by atoms with Crippen LogP contribution < -0.4 is 0 Å². The van der Waals surface area contributed by atoms with Crippen LogP contribution in [0.5, 0.6) is 0 Å². The van der Waals surface area contributed by atoms with E-state index in [1.165, 1.54) is 12.2 Å². The van der Waals surface area contributed by atoms with Crippen molar-refractivity contribution in [1.82, 2.24) is 0 Å². The third kappa shape index (κ3) is 38.6. The van der Waals surface area contributed by atoms with Crippen LogP contribution in [0.3, 0.4) is 0 Å². The van der Waals surface area contributed by atoms with Crippen LogP contribution in [-0.4, -0.2) is 268 Å². The minimum atomic E-state index is -4.39. The van der Waals surface area contributed by atoms with Crippen molar-refractivity contribution in [3.05, 3.63) is 37.8 Å². The lowest BCUT2D eigenvalue weighted by atomic mass is 9.98. The van der Waals surface area contributed by atoms with Crippen LogP contribution in [0, 0.1) is 0 Å². The quantitative estimate of drug-likeness (QED) is 0.0582. The highest BCUT2D eigenvalue weighted by Crippen LogP contribution is 2.26. The van der Waals surface area contributed by atoms with Crippen LogP contribution >= 0.6 is 0 Å². The summed E-state index contributed by atoms with van der Waals surface area (Å²) in [6, 6.07) is 0. The molecule has 2 saturated carbocycles.